The zero-order valence-electron chi connectivity index (χ0n) is 10.6. The van der Waals surface area contributed by atoms with Crippen molar-refractivity contribution in [3.63, 3.8) is 0 Å². The highest BCUT2D eigenvalue weighted by Gasteiger charge is 2.24. The molecule has 0 aromatic heterocycles. The first-order valence-corrected chi connectivity index (χ1v) is 9.00. The quantitative estimate of drug-likeness (QED) is 0.650. The molecule has 112 valence electrons. The molecule has 3 nitrogen and oxygen atoms in total. The molecule has 0 atom stereocenters. The fourth-order valence-electron chi connectivity index (χ4n) is 1.72. The number of aryl methyl sites for hydroxylation is 1. The third-order valence-electron chi connectivity index (χ3n) is 2.66. The van der Waals surface area contributed by atoms with Gasteiger partial charge in [-0.05, 0) is 75.3 Å². The lowest BCUT2D eigenvalue weighted by molar-refractivity contribution is 0.548. The van der Waals surface area contributed by atoms with Crippen LogP contribution in [-0.2, 0) is 10.0 Å². The third kappa shape index (κ3) is 3.72. The Morgan fingerprint density at radius 1 is 1.19 bits per heavy atom. The van der Waals surface area contributed by atoms with Gasteiger partial charge in [0.25, 0.3) is 10.0 Å². The molecular formula is C13H9BrF2INO2S. The first-order chi connectivity index (χ1) is 9.70. The van der Waals surface area contributed by atoms with Crippen molar-refractivity contribution in [2.75, 3.05) is 4.72 Å². The number of rotatable bonds is 3. The molecule has 0 aliphatic rings. The fourth-order valence-corrected chi connectivity index (χ4v) is 4.67. The molecule has 0 aliphatic carbocycles. The van der Waals surface area contributed by atoms with Gasteiger partial charge in [0.15, 0.2) is 0 Å². The van der Waals surface area contributed by atoms with Crippen molar-refractivity contribution < 1.29 is 17.2 Å². The van der Waals surface area contributed by atoms with E-state index in [1.165, 1.54) is 0 Å². The first kappa shape index (κ1) is 16.6. The maximum absolute atomic E-state index is 13.8. The maximum Gasteiger partial charge on any atom is 0.265 e. The molecule has 0 saturated carbocycles. The average Bonchev–Trinajstić information content (AvgIpc) is 2.30. The van der Waals surface area contributed by atoms with Gasteiger partial charge in [-0.2, -0.15) is 0 Å². The molecule has 0 unspecified atom stereocenters. The minimum Gasteiger partial charge on any atom is -0.279 e. The van der Waals surface area contributed by atoms with Gasteiger partial charge in [-0.15, -0.1) is 0 Å². The number of anilines is 1. The van der Waals surface area contributed by atoms with Gasteiger partial charge in [-0.25, -0.2) is 17.2 Å². The second kappa shape index (κ2) is 6.17. The summed E-state index contributed by atoms with van der Waals surface area (Å²) in [5.74, 6) is -2.01. The van der Waals surface area contributed by atoms with Gasteiger partial charge in [-0.3, -0.25) is 4.72 Å². The van der Waals surface area contributed by atoms with Gasteiger partial charge in [0.05, 0.1) is 5.69 Å². The molecule has 0 heterocycles. The van der Waals surface area contributed by atoms with Crippen LogP contribution in [0.15, 0.2) is 39.7 Å². The number of sulfonamides is 1. The Morgan fingerprint density at radius 2 is 1.86 bits per heavy atom. The van der Waals surface area contributed by atoms with Crippen molar-refractivity contribution >= 4 is 54.2 Å². The lowest BCUT2D eigenvalue weighted by Crippen LogP contribution is -2.16. The van der Waals surface area contributed by atoms with Gasteiger partial charge < -0.3 is 0 Å². The van der Waals surface area contributed by atoms with Crippen molar-refractivity contribution in [3.05, 3.63) is 55.6 Å². The van der Waals surface area contributed by atoms with Gasteiger partial charge >= 0.3 is 0 Å². The van der Waals surface area contributed by atoms with Crippen molar-refractivity contribution in [2.45, 2.75) is 11.8 Å². The van der Waals surface area contributed by atoms with E-state index in [2.05, 4.69) is 43.2 Å². The predicted octanol–water partition coefficient (Wildman–Crippen LogP) is 4.44. The number of benzene rings is 2. The molecule has 1 N–H and O–H groups in total. The lowest BCUT2D eigenvalue weighted by Gasteiger charge is -2.12. The summed E-state index contributed by atoms with van der Waals surface area (Å²) in [5.41, 5.74) is 1.04. The fraction of sp³-hybridized carbons (Fsp3) is 0.0769. The molecule has 0 saturated heterocycles. The maximum atomic E-state index is 13.8. The van der Waals surface area contributed by atoms with Crippen LogP contribution in [0.4, 0.5) is 14.5 Å². The summed E-state index contributed by atoms with van der Waals surface area (Å²) in [7, 11) is -4.17. The molecule has 2 aromatic rings. The van der Waals surface area contributed by atoms with Crippen LogP contribution in [0.5, 0.6) is 0 Å². The van der Waals surface area contributed by atoms with Crippen LogP contribution in [0.3, 0.4) is 0 Å². The minimum atomic E-state index is -4.17. The summed E-state index contributed by atoms with van der Waals surface area (Å²) >= 11 is 4.98. The number of halogens is 4. The summed E-state index contributed by atoms with van der Waals surface area (Å²) in [5, 5.41) is 0. The second-order valence-corrected chi connectivity index (χ2v) is 7.98. The Hall–Kier alpha value is -0.740. The summed E-state index contributed by atoms with van der Waals surface area (Å²) in [6.45, 7) is 1.73. The molecule has 8 heteroatoms. The average molecular weight is 488 g/mol. The van der Waals surface area contributed by atoms with E-state index in [1.54, 1.807) is 25.1 Å². The van der Waals surface area contributed by atoms with Crippen LogP contribution >= 0.6 is 38.5 Å². The van der Waals surface area contributed by atoms with Crippen LogP contribution in [0, 0.1) is 22.1 Å². The molecule has 0 radical (unpaired) electrons. The van der Waals surface area contributed by atoms with E-state index in [0.29, 0.717) is 17.3 Å². The normalized spacial score (nSPS) is 11.5. The van der Waals surface area contributed by atoms with Crippen LogP contribution in [-0.4, -0.2) is 8.42 Å². The van der Waals surface area contributed by atoms with Crippen LogP contribution in [0.1, 0.15) is 5.56 Å². The Labute approximate surface area is 143 Å². The second-order valence-electron chi connectivity index (χ2n) is 4.26. The first-order valence-electron chi connectivity index (χ1n) is 5.64. The molecule has 0 amide bonds. The van der Waals surface area contributed by atoms with Crippen LogP contribution in [0.25, 0.3) is 0 Å². The van der Waals surface area contributed by atoms with E-state index in [4.69, 9.17) is 0 Å². The molecule has 21 heavy (non-hydrogen) atoms. The van der Waals surface area contributed by atoms with Crippen molar-refractivity contribution in [3.8, 4) is 0 Å². The summed E-state index contributed by atoms with van der Waals surface area (Å²) in [6, 6.07) is 6.53. The highest BCUT2D eigenvalue weighted by atomic mass is 127. The zero-order valence-corrected chi connectivity index (χ0v) is 15.2. The molecule has 0 bridgehead atoms. The van der Waals surface area contributed by atoms with Gasteiger partial charge in [0.1, 0.15) is 16.5 Å². The molecule has 0 aliphatic heterocycles. The van der Waals surface area contributed by atoms with Crippen molar-refractivity contribution in [1.29, 1.82) is 0 Å². The summed E-state index contributed by atoms with van der Waals surface area (Å²) in [4.78, 5) is -0.623. The van der Waals surface area contributed by atoms with Gasteiger partial charge in [-0.1, -0.05) is 0 Å². The van der Waals surface area contributed by atoms with Crippen molar-refractivity contribution in [2.24, 2.45) is 0 Å². The Bertz CT molecular complexity index is 789. The predicted molar refractivity (Wildman–Crippen MR) is 88.8 cm³/mol. The highest BCUT2D eigenvalue weighted by molar-refractivity contribution is 14.1. The molecular weight excluding hydrogens is 479 g/mol. The van der Waals surface area contributed by atoms with Gasteiger partial charge in [0.2, 0.25) is 0 Å². The topological polar surface area (TPSA) is 46.2 Å². The van der Waals surface area contributed by atoms with E-state index in [0.717, 1.165) is 9.64 Å². The van der Waals surface area contributed by atoms with Crippen LogP contribution in [0.2, 0.25) is 0 Å². The number of hydrogen-bond donors (Lipinski definition) is 1. The summed E-state index contributed by atoms with van der Waals surface area (Å²) < 4.78 is 54.5. The molecule has 2 rings (SSSR count). The van der Waals surface area contributed by atoms with Gasteiger partial charge in [0, 0.05) is 14.1 Å². The molecule has 2 aromatic carbocycles. The van der Waals surface area contributed by atoms with Crippen LogP contribution < -0.4 is 4.72 Å². The van der Waals surface area contributed by atoms with E-state index >= 15 is 0 Å². The largest absolute Gasteiger partial charge is 0.279 e. The number of hydrogen-bond acceptors (Lipinski definition) is 2. The summed E-state index contributed by atoms with van der Waals surface area (Å²) in [6.07, 6.45) is 0. The van der Waals surface area contributed by atoms with E-state index < -0.39 is 26.6 Å². The zero-order chi connectivity index (χ0) is 15.8. The number of nitrogens with one attached hydrogen (secondary N) is 1. The Kier molecular flexibility index (Phi) is 4.89. The van der Waals surface area contributed by atoms with E-state index in [1.807, 2.05) is 0 Å². The third-order valence-corrected chi connectivity index (χ3v) is 5.66. The smallest absolute Gasteiger partial charge is 0.265 e. The van der Waals surface area contributed by atoms with E-state index in [-0.39, 0.29) is 4.47 Å². The lowest BCUT2D eigenvalue weighted by atomic mass is 10.2. The monoisotopic (exact) mass is 487 g/mol. The minimum absolute atomic E-state index is 0.171. The molecule has 0 fully saturated rings. The highest BCUT2D eigenvalue weighted by Crippen LogP contribution is 2.29. The standard InChI is InChI=1S/C13H9BrF2INO2S/c1-7-4-9(17)2-3-12(7)18-21(19,20)13-10(14)5-8(15)6-11(13)16/h2-6,18H,1H3. The SMILES string of the molecule is Cc1cc(I)ccc1NS(=O)(=O)c1c(F)cc(F)cc1Br. The Balaban J connectivity index is 2.48. The van der Waals surface area contributed by atoms with E-state index in [9.17, 15) is 17.2 Å². The Morgan fingerprint density at radius 3 is 2.43 bits per heavy atom. The molecule has 0 spiro atoms. The van der Waals surface area contributed by atoms with Crippen molar-refractivity contribution in [1.82, 2.24) is 0 Å².